The van der Waals surface area contributed by atoms with Crippen LogP contribution < -0.4 is 0 Å². The van der Waals surface area contributed by atoms with E-state index in [0.717, 1.165) is 15.7 Å². The molecule has 4 aromatic rings. The maximum atomic E-state index is 13.4. The van der Waals surface area contributed by atoms with Gasteiger partial charge in [0.2, 0.25) is 0 Å². The van der Waals surface area contributed by atoms with Crippen molar-refractivity contribution >= 4 is 26.8 Å². The summed E-state index contributed by atoms with van der Waals surface area (Å²) >= 11 is 0. The second-order valence-corrected chi connectivity index (χ2v) is 8.85. The van der Waals surface area contributed by atoms with Crippen LogP contribution in [0.15, 0.2) is 87.3 Å². The third kappa shape index (κ3) is 3.15. The molecule has 0 fully saturated rings. The van der Waals surface area contributed by atoms with Crippen molar-refractivity contribution in [3.63, 3.8) is 0 Å². The number of fused-ring (bicyclic) bond motifs is 1. The zero-order valence-electron chi connectivity index (χ0n) is 16.1. The molecule has 1 atom stereocenters. The molecule has 0 radical (unpaired) electrons. The van der Waals surface area contributed by atoms with Crippen molar-refractivity contribution in [3.05, 3.63) is 90.1 Å². The van der Waals surface area contributed by atoms with Gasteiger partial charge in [-0.15, -0.1) is 0 Å². The highest BCUT2D eigenvalue weighted by Gasteiger charge is 2.39. The van der Waals surface area contributed by atoms with Gasteiger partial charge in [0.05, 0.1) is 27.8 Å². The number of benzene rings is 2. The molecule has 7 nitrogen and oxygen atoms in total. The van der Waals surface area contributed by atoms with Crippen molar-refractivity contribution < 1.29 is 12.8 Å². The lowest BCUT2D eigenvalue weighted by atomic mass is 10.1. The number of hydrogen-bond acceptors (Lipinski definition) is 6. The molecular formula is C22H18N4O3S. The van der Waals surface area contributed by atoms with Gasteiger partial charge in [-0.25, -0.2) is 4.98 Å². The molecule has 0 saturated heterocycles. The van der Waals surface area contributed by atoms with Gasteiger partial charge in [0.15, 0.2) is 0 Å². The van der Waals surface area contributed by atoms with Crippen molar-refractivity contribution in [1.82, 2.24) is 14.4 Å². The summed E-state index contributed by atoms with van der Waals surface area (Å²) in [6.45, 7) is 1.84. The standard InChI is InChI=1S/C22H18N4O3S/c1-15-11-12-22(29-15)19-13-21(20-14-23-17-9-5-6-10-18(17)24-20)26(25-19)30(27,28)16-7-3-2-4-8-16/h2-12,14,21H,13H2,1H3/t21-/m0/s1. The van der Waals surface area contributed by atoms with Crippen molar-refractivity contribution in [2.24, 2.45) is 5.10 Å². The summed E-state index contributed by atoms with van der Waals surface area (Å²) in [5, 5.41) is 4.46. The number of aromatic nitrogens is 2. The highest BCUT2D eigenvalue weighted by molar-refractivity contribution is 7.89. The van der Waals surface area contributed by atoms with Crippen LogP contribution in [-0.4, -0.2) is 28.5 Å². The Morgan fingerprint density at radius 2 is 1.70 bits per heavy atom. The maximum Gasteiger partial charge on any atom is 0.279 e. The minimum Gasteiger partial charge on any atom is -0.460 e. The molecule has 30 heavy (non-hydrogen) atoms. The lowest BCUT2D eigenvalue weighted by Crippen LogP contribution is -2.28. The molecule has 5 rings (SSSR count). The van der Waals surface area contributed by atoms with E-state index >= 15 is 0 Å². The Hall–Kier alpha value is -3.52. The molecule has 0 unspecified atom stereocenters. The molecular weight excluding hydrogens is 400 g/mol. The average molecular weight is 418 g/mol. The van der Waals surface area contributed by atoms with E-state index in [1.165, 1.54) is 0 Å². The number of sulfonamides is 1. The first-order chi connectivity index (χ1) is 14.5. The predicted octanol–water partition coefficient (Wildman–Crippen LogP) is 4.07. The Morgan fingerprint density at radius 1 is 0.967 bits per heavy atom. The van der Waals surface area contributed by atoms with E-state index in [0.29, 0.717) is 29.1 Å². The van der Waals surface area contributed by atoms with Crippen molar-refractivity contribution in [1.29, 1.82) is 0 Å². The summed E-state index contributed by atoms with van der Waals surface area (Å²) < 4.78 is 33.6. The predicted molar refractivity (Wildman–Crippen MR) is 112 cm³/mol. The average Bonchev–Trinajstić information content (AvgIpc) is 3.41. The van der Waals surface area contributed by atoms with Crippen molar-refractivity contribution in [2.45, 2.75) is 24.3 Å². The third-order valence-corrected chi connectivity index (χ3v) is 6.69. The number of hydrogen-bond donors (Lipinski definition) is 0. The van der Waals surface area contributed by atoms with E-state index in [1.54, 1.807) is 42.6 Å². The van der Waals surface area contributed by atoms with E-state index in [1.807, 2.05) is 37.3 Å². The lowest BCUT2D eigenvalue weighted by molar-refractivity contribution is 0.365. The van der Waals surface area contributed by atoms with E-state index in [2.05, 4.69) is 15.1 Å². The third-order valence-electron chi connectivity index (χ3n) is 4.99. The van der Waals surface area contributed by atoms with Crippen LogP contribution in [-0.2, 0) is 10.0 Å². The molecule has 0 aliphatic carbocycles. The first-order valence-corrected chi connectivity index (χ1v) is 10.9. The summed E-state index contributed by atoms with van der Waals surface area (Å²) in [5.41, 5.74) is 2.55. The van der Waals surface area contributed by atoms with Gasteiger partial charge in [0.25, 0.3) is 10.0 Å². The molecule has 3 heterocycles. The Morgan fingerprint density at radius 3 is 2.43 bits per heavy atom. The second kappa shape index (κ2) is 7.07. The molecule has 1 aliphatic heterocycles. The first-order valence-electron chi connectivity index (χ1n) is 9.48. The van der Waals surface area contributed by atoms with Crippen LogP contribution in [0.3, 0.4) is 0 Å². The fraction of sp³-hybridized carbons (Fsp3) is 0.136. The summed E-state index contributed by atoms with van der Waals surface area (Å²) in [4.78, 5) is 9.30. The molecule has 0 spiro atoms. The number of rotatable bonds is 4. The van der Waals surface area contributed by atoms with Gasteiger partial charge < -0.3 is 4.42 Å². The Kier molecular flexibility index (Phi) is 4.36. The molecule has 150 valence electrons. The van der Waals surface area contributed by atoms with Crippen molar-refractivity contribution in [2.75, 3.05) is 0 Å². The zero-order valence-corrected chi connectivity index (χ0v) is 17.0. The Labute approximate surface area is 173 Å². The SMILES string of the molecule is Cc1ccc(C2=NN(S(=O)(=O)c3ccccc3)[C@H](c3cnc4ccccc4n3)C2)o1. The minimum absolute atomic E-state index is 0.171. The summed E-state index contributed by atoms with van der Waals surface area (Å²) in [6, 6.07) is 18.8. The van der Waals surface area contributed by atoms with Gasteiger partial charge in [-0.3, -0.25) is 4.98 Å². The van der Waals surface area contributed by atoms with Gasteiger partial charge in [0.1, 0.15) is 23.3 Å². The molecule has 8 heteroatoms. The second-order valence-electron chi connectivity index (χ2n) is 7.05. The monoisotopic (exact) mass is 418 g/mol. The number of furan rings is 1. The fourth-order valence-electron chi connectivity index (χ4n) is 3.50. The summed E-state index contributed by atoms with van der Waals surface area (Å²) in [6.07, 6.45) is 1.96. The molecule has 0 bridgehead atoms. The zero-order chi connectivity index (χ0) is 20.7. The highest BCUT2D eigenvalue weighted by atomic mass is 32.2. The molecule has 1 aliphatic rings. The summed E-state index contributed by atoms with van der Waals surface area (Å²) in [5.74, 6) is 1.29. The lowest BCUT2D eigenvalue weighted by Gasteiger charge is -2.22. The smallest absolute Gasteiger partial charge is 0.279 e. The quantitative estimate of drug-likeness (QED) is 0.498. The van der Waals surface area contributed by atoms with Crippen LogP contribution in [0.5, 0.6) is 0 Å². The van der Waals surface area contributed by atoms with Crippen LogP contribution in [0.4, 0.5) is 0 Å². The normalized spacial score (nSPS) is 16.8. The van der Waals surface area contributed by atoms with E-state index in [9.17, 15) is 8.42 Å². The molecule has 0 saturated carbocycles. The van der Waals surface area contributed by atoms with Gasteiger partial charge in [0, 0.05) is 6.42 Å². The molecule has 2 aromatic carbocycles. The first kappa shape index (κ1) is 18.5. The van der Waals surface area contributed by atoms with Crippen LogP contribution in [0.25, 0.3) is 11.0 Å². The van der Waals surface area contributed by atoms with Gasteiger partial charge >= 0.3 is 0 Å². The van der Waals surface area contributed by atoms with E-state index < -0.39 is 16.1 Å². The number of para-hydroxylation sites is 2. The van der Waals surface area contributed by atoms with Gasteiger partial charge in [-0.1, -0.05) is 30.3 Å². The maximum absolute atomic E-state index is 13.4. The number of hydrazone groups is 1. The minimum atomic E-state index is -3.89. The number of aryl methyl sites for hydroxylation is 1. The number of nitrogens with zero attached hydrogens (tertiary/aromatic N) is 4. The topological polar surface area (TPSA) is 88.7 Å². The van der Waals surface area contributed by atoms with Gasteiger partial charge in [-0.05, 0) is 43.3 Å². The Balaban J connectivity index is 1.62. The van der Waals surface area contributed by atoms with Crippen LogP contribution >= 0.6 is 0 Å². The Bertz CT molecular complexity index is 1360. The molecule has 0 amide bonds. The highest BCUT2D eigenvalue weighted by Crippen LogP contribution is 2.36. The molecule has 2 aromatic heterocycles. The van der Waals surface area contributed by atoms with Crippen molar-refractivity contribution in [3.8, 4) is 0 Å². The van der Waals surface area contributed by atoms with Crippen LogP contribution in [0, 0.1) is 6.92 Å². The summed E-state index contributed by atoms with van der Waals surface area (Å²) in [7, 11) is -3.89. The van der Waals surface area contributed by atoms with Gasteiger partial charge in [-0.2, -0.15) is 17.9 Å². The van der Waals surface area contributed by atoms with Crippen LogP contribution in [0.1, 0.15) is 29.7 Å². The van der Waals surface area contributed by atoms with E-state index in [4.69, 9.17) is 4.42 Å². The van der Waals surface area contributed by atoms with E-state index in [-0.39, 0.29) is 4.90 Å². The molecule has 0 N–H and O–H groups in total. The van der Waals surface area contributed by atoms with Crippen LogP contribution in [0.2, 0.25) is 0 Å². The largest absolute Gasteiger partial charge is 0.460 e. The fourth-order valence-corrected chi connectivity index (χ4v) is 4.94.